The van der Waals surface area contributed by atoms with Crippen molar-refractivity contribution in [2.75, 3.05) is 6.54 Å². The molecule has 23 heavy (non-hydrogen) atoms. The maximum atomic E-state index is 12.9. The number of aromatic nitrogens is 1. The SMILES string of the molecule is C=C(Cl)CN(C(=O)Cc1ccncc1)[C@H]1CCc2ccccc21. The van der Waals surface area contributed by atoms with Gasteiger partial charge in [-0.05, 0) is 41.7 Å². The van der Waals surface area contributed by atoms with Gasteiger partial charge in [0, 0.05) is 17.4 Å². The van der Waals surface area contributed by atoms with Gasteiger partial charge < -0.3 is 4.90 Å². The van der Waals surface area contributed by atoms with Gasteiger partial charge in [0.05, 0.1) is 19.0 Å². The Morgan fingerprint density at radius 3 is 2.74 bits per heavy atom. The number of rotatable bonds is 5. The Bertz CT molecular complexity index is 714. The number of hydrogen-bond acceptors (Lipinski definition) is 2. The molecule has 3 nitrogen and oxygen atoms in total. The molecule has 0 saturated carbocycles. The largest absolute Gasteiger partial charge is 0.330 e. The summed E-state index contributed by atoms with van der Waals surface area (Å²) in [5.41, 5.74) is 3.51. The van der Waals surface area contributed by atoms with Crippen molar-refractivity contribution in [3.05, 3.63) is 77.1 Å². The fourth-order valence-corrected chi connectivity index (χ4v) is 3.32. The van der Waals surface area contributed by atoms with Crippen molar-refractivity contribution in [1.29, 1.82) is 0 Å². The topological polar surface area (TPSA) is 33.2 Å². The van der Waals surface area contributed by atoms with Crippen molar-refractivity contribution in [2.45, 2.75) is 25.3 Å². The van der Waals surface area contributed by atoms with Crippen molar-refractivity contribution in [3.8, 4) is 0 Å². The second-order valence-electron chi connectivity index (χ2n) is 5.82. The van der Waals surface area contributed by atoms with Gasteiger partial charge in [-0.25, -0.2) is 0 Å². The third-order valence-electron chi connectivity index (χ3n) is 4.24. The fraction of sp³-hybridized carbons (Fsp3) is 0.263. The number of benzene rings is 1. The van der Waals surface area contributed by atoms with Crippen molar-refractivity contribution >= 4 is 17.5 Å². The van der Waals surface area contributed by atoms with Gasteiger partial charge in [0.25, 0.3) is 0 Å². The lowest BCUT2D eigenvalue weighted by Crippen LogP contribution is -2.36. The second kappa shape index (κ2) is 6.97. The van der Waals surface area contributed by atoms with E-state index < -0.39 is 0 Å². The van der Waals surface area contributed by atoms with E-state index in [0.717, 1.165) is 18.4 Å². The number of aryl methyl sites for hydroxylation is 1. The minimum Gasteiger partial charge on any atom is -0.330 e. The molecule has 1 aliphatic rings. The molecule has 118 valence electrons. The summed E-state index contributed by atoms with van der Waals surface area (Å²) in [6.45, 7) is 4.15. The molecular formula is C19H19ClN2O. The highest BCUT2D eigenvalue weighted by molar-refractivity contribution is 6.29. The molecule has 0 N–H and O–H groups in total. The molecule has 0 unspecified atom stereocenters. The van der Waals surface area contributed by atoms with E-state index in [0.29, 0.717) is 18.0 Å². The van der Waals surface area contributed by atoms with E-state index >= 15 is 0 Å². The average Bonchev–Trinajstić information content (AvgIpc) is 2.97. The van der Waals surface area contributed by atoms with E-state index in [4.69, 9.17) is 11.6 Å². The standard InChI is InChI=1S/C19H19ClN2O/c1-14(20)13-22(19(23)12-15-8-10-21-11-9-15)18-7-6-16-4-2-3-5-17(16)18/h2-5,8-11,18H,1,6-7,12-13H2/t18-/m0/s1. The van der Waals surface area contributed by atoms with Crippen LogP contribution >= 0.6 is 11.6 Å². The number of hydrogen-bond donors (Lipinski definition) is 0. The molecule has 0 saturated heterocycles. The van der Waals surface area contributed by atoms with Crippen LogP contribution in [0.3, 0.4) is 0 Å². The van der Waals surface area contributed by atoms with Crippen LogP contribution in [0.1, 0.15) is 29.2 Å². The Kier molecular flexibility index (Phi) is 4.77. The molecule has 2 aromatic rings. The highest BCUT2D eigenvalue weighted by Gasteiger charge is 2.30. The zero-order valence-electron chi connectivity index (χ0n) is 12.9. The lowest BCUT2D eigenvalue weighted by Gasteiger charge is -2.30. The summed E-state index contributed by atoms with van der Waals surface area (Å²) in [4.78, 5) is 18.7. The highest BCUT2D eigenvalue weighted by atomic mass is 35.5. The van der Waals surface area contributed by atoms with Crippen LogP contribution in [0.5, 0.6) is 0 Å². The van der Waals surface area contributed by atoms with E-state index in [2.05, 4.69) is 23.7 Å². The molecule has 1 aromatic heterocycles. The summed E-state index contributed by atoms with van der Waals surface area (Å²) >= 11 is 6.03. The van der Waals surface area contributed by atoms with Gasteiger partial charge >= 0.3 is 0 Å². The quantitative estimate of drug-likeness (QED) is 0.835. The molecule has 1 amide bonds. The molecule has 1 aliphatic carbocycles. The predicted molar refractivity (Wildman–Crippen MR) is 92.2 cm³/mol. The number of pyridine rings is 1. The van der Waals surface area contributed by atoms with Gasteiger partial charge in [-0.3, -0.25) is 9.78 Å². The Hall–Kier alpha value is -2.13. The summed E-state index contributed by atoms with van der Waals surface area (Å²) in [5.74, 6) is 0.0692. The van der Waals surface area contributed by atoms with Crippen LogP contribution in [0.15, 0.2) is 60.4 Å². The maximum Gasteiger partial charge on any atom is 0.227 e. The summed E-state index contributed by atoms with van der Waals surface area (Å²) in [5, 5.41) is 0.484. The van der Waals surface area contributed by atoms with Crippen molar-refractivity contribution in [3.63, 3.8) is 0 Å². The first-order valence-corrected chi connectivity index (χ1v) is 8.12. The number of halogens is 1. The van der Waals surface area contributed by atoms with Gasteiger partial charge in [0.15, 0.2) is 0 Å². The summed E-state index contributed by atoms with van der Waals surface area (Å²) in [6, 6.07) is 12.1. The minimum atomic E-state index is 0.0692. The van der Waals surface area contributed by atoms with Gasteiger partial charge in [-0.2, -0.15) is 0 Å². The van der Waals surface area contributed by atoms with E-state index in [-0.39, 0.29) is 11.9 Å². The van der Waals surface area contributed by atoms with Crippen LogP contribution in [0, 0.1) is 0 Å². The minimum absolute atomic E-state index is 0.0692. The molecule has 3 rings (SSSR count). The zero-order chi connectivity index (χ0) is 16.2. The Balaban J connectivity index is 1.84. The number of carbonyl (C=O) groups excluding carboxylic acids is 1. The summed E-state index contributed by atoms with van der Waals surface area (Å²) < 4.78 is 0. The third-order valence-corrected chi connectivity index (χ3v) is 4.36. The number of fused-ring (bicyclic) bond motifs is 1. The van der Waals surface area contributed by atoms with E-state index in [1.807, 2.05) is 29.2 Å². The molecule has 1 aromatic carbocycles. The number of nitrogens with zero attached hydrogens (tertiary/aromatic N) is 2. The van der Waals surface area contributed by atoms with Gasteiger partial charge in [0.2, 0.25) is 5.91 Å². The van der Waals surface area contributed by atoms with Crippen molar-refractivity contribution < 1.29 is 4.79 Å². The second-order valence-corrected chi connectivity index (χ2v) is 6.36. The third kappa shape index (κ3) is 3.62. The first kappa shape index (κ1) is 15.8. The first-order chi connectivity index (χ1) is 11.1. The van der Waals surface area contributed by atoms with Gasteiger partial charge in [-0.1, -0.05) is 42.4 Å². The molecule has 0 fully saturated rings. The van der Waals surface area contributed by atoms with Crippen LogP contribution in [0.4, 0.5) is 0 Å². The van der Waals surface area contributed by atoms with Crippen molar-refractivity contribution in [2.24, 2.45) is 0 Å². The van der Waals surface area contributed by atoms with Gasteiger partial charge in [-0.15, -0.1) is 0 Å². The number of amides is 1. The first-order valence-electron chi connectivity index (χ1n) is 7.74. The number of carbonyl (C=O) groups is 1. The zero-order valence-corrected chi connectivity index (χ0v) is 13.7. The van der Waals surface area contributed by atoms with E-state index in [9.17, 15) is 4.79 Å². The highest BCUT2D eigenvalue weighted by Crippen LogP contribution is 2.36. The lowest BCUT2D eigenvalue weighted by molar-refractivity contribution is -0.132. The molecular weight excluding hydrogens is 308 g/mol. The summed E-state index contributed by atoms with van der Waals surface area (Å²) in [7, 11) is 0. The van der Waals surface area contributed by atoms with Crippen molar-refractivity contribution in [1.82, 2.24) is 9.88 Å². The average molecular weight is 327 g/mol. The normalized spacial score (nSPS) is 16.0. The maximum absolute atomic E-state index is 12.9. The smallest absolute Gasteiger partial charge is 0.227 e. The van der Waals surface area contributed by atoms with Crippen LogP contribution in [-0.4, -0.2) is 22.3 Å². The molecule has 1 atom stereocenters. The van der Waals surface area contributed by atoms with Crippen LogP contribution < -0.4 is 0 Å². The molecule has 0 aliphatic heterocycles. The van der Waals surface area contributed by atoms with Gasteiger partial charge in [0.1, 0.15) is 0 Å². The lowest BCUT2D eigenvalue weighted by atomic mass is 10.1. The fourth-order valence-electron chi connectivity index (χ4n) is 3.19. The van der Waals surface area contributed by atoms with Crippen LogP contribution in [0.25, 0.3) is 0 Å². The Morgan fingerprint density at radius 2 is 2.00 bits per heavy atom. The monoisotopic (exact) mass is 326 g/mol. The molecule has 0 spiro atoms. The molecule has 4 heteroatoms. The Morgan fingerprint density at radius 1 is 1.26 bits per heavy atom. The predicted octanol–water partition coefficient (Wildman–Crippen LogP) is 3.89. The van der Waals surface area contributed by atoms with Crippen LogP contribution in [-0.2, 0) is 17.6 Å². The van der Waals surface area contributed by atoms with E-state index in [1.165, 1.54) is 11.1 Å². The van der Waals surface area contributed by atoms with E-state index in [1.54, 1.807) is 12.4 Å². The summed E-state index contributed by atoms with van der Waals surface area (Å²) in [6.07, 6.45) is 5.70. The molecule has 0 bridgehead atoms. The molecule has 0 radical (unpaired) electrons. The Labute approximate surface area is 141 Å². The molecule has 1 heterocycles. The van der Waals surface area contributed by atoms with Crippen LogP contribution in [0.2, 0.25) is 0 Å².